The summed E-state index contributed by atoms with van der Waals surface area (Å²) in [4.78, 5) is 10.8. The lowest BCUT2D eigenvalue weighted by Gasteiger charge is -2.52. The van der Waals surface area contributed by atoms with E-state index in [0.29, 0.717) is 40.7 Å². The van der Waals surface area contributed by atoms with Crippen LogP contribution in [0.1, 0.15) is 75.1 Å². The summed E-state index contributed by atoms with van der Waals surface area (Å²) in [6, 6.07) is 5.44. The third-order valence-corrected chi connectivity index (χ3v) is 8.22. The van der Waals surface area contributed by atoms with Gasteiger partial charge in [-0.3, -0.25) is 0 Å². The van der Waals surface area contributed by atoms with Gasteiger partial charge in [0.1, 0.15) is 11.9 Å². The second-order valence-electron chi connectivity index (χ2n) is 8.76. The molecule has 0 amide bonds. The Labute approximate surface area is 136 Å². The lowest BCUT2D eigenvalue weighted by molar-refractivity contribution is 0.00511. The highest BCUT2D eigenvalue weighted by Crippen LogP contribution is 2.76. The Morgan fingerprint density at radius 1 is 1.13 bits per heavy atom. The van der Waals surface area contributed by atoms with E-state index < -0.39 is 6.17 Å². The summed E-state index contributed by atoms with van der Waals surface area (Å²) < 4.78 is 14.9. The zero-order valence-corrected chi connectivity index (χ0v) is 13.7. The van der Waals surface area contributed by atoms with E-state index in [9.17, 15) is 9.30 Å². The van der Waals surface area contributed by atoms with Crippen LogP contribution in [0, 0.1) is 27.6 Å². The van der Waals surface area contributed by atoms with Crippen LogP contribution >= 0.6 is 0 Å². The number of benzene rings is 1. The molecule has 1 spiro atoms. The van der Waals surface area contributed by atoms with Crippen molar-refractivity contribution in [2.24, 2.45) is 27.8 Å². The van der Waals surface area contributed by atoms with Crippen molar-refractivity contribution >= 4 is 5.69 Å². The van der Waals surface area contributed by atoms with Crippen molar-refractivity contribution < 1.29 is 4.39 Å². The van der Waals surface area contributed by atoms with Gasteiger partial charge in [-0.05, 0) is 102 Å². The molecule has 1 aromatic rings. The maximum atomic E-state index is 14.9. The second-order valence-corrected chi connectivity index (χ2v) is 8.76. The van der Waals surface area contributed by atoms with Crippen molar-refractivity contribution in [3.8, 4) is 0 Å². The molecular formula is C20H24FNO. The first kappa shape index (κ1) is 14.1. The van der Waals surface area contributed by atoms with E-state index in [4.69, 9.17) is 0 Å². The molecule has 0 saturated heterocycles. The summed E-state index contributed by atoms with van der Waals surface area (Å²) in [5.41, 5.74) is 3.34. The average molecular weight is 313 g/mol. The van der Waals surface area contributed by atoms with Gasteiger partial charge in [0.05, 0.1) is 0 Å². The Morgan fingerprint density at radius 3 is 2.70 bits per heavy atom. The number of alkyl halides is 1. The van der Waals surface area contributed by atoms with E-state index in [-0.39, 0.29) is 0 Å². The van der Waals surface area contributed by atoms with Gasteiger partial charge >= 0.3 is 0 Å². The average Bonchev–Trinajstić information content (AvgIpc) is 3.29. The Kier molecular flexibility index (Phi) is 2.72. The van der Waals surface area contributed by atoms with Crippen molar-refractivity contribution in [2.45, 2.75) is 64.0 Å². The van der Waals surface area contributed by atoms with Gasteiger partial charge in [-0.15, -0.1) is 4.91 Å². The minimum atomic E-state index is -0.925. The second kappa shape index (κ2) is 4.43. The molecule has 0 aliphatic heterocycles. The van der Waals surface area contributed by atoms with Crippen molar-refractivity contribution in [1.82, 2.24) is 0 Å². The van der Waals surface area contributed by atoms with Crippen molar-refractivity contribution in [2.75, 3.05) is 0 Å². The number of rotatable bonds is 1. The molecule has 3 heteroatoms. The number of nitroso groups, excluding NO2 is 1. The molecule has 4 aliphatic carbocycles. The molecule has 5 unspecified atom stereocenters. The molecule has 3 fully saturated rings. The van der Waals surface area contributed by atoms with Crippen LogP contribution in [0.4, 0.5) is 10.1 Å². The van der Waals surface area contributed by atoms with Gasteiger partial charge in [-0.2, -0.15) is 0 Å². The molecular weight excluding hydrogens is 289 g/mol. The first-order valence-corrected chi connectivity index (χ1v) is 9.19. The van der Waals surface area contributed by atoms with Gasteiger partial charge in [0.15, 0.2) is 0 Å². The molecule has 0 heterocycles. The largest absolute Gasteiger partial charge is 0.242 e. The van der Waals surface area contributed by atoms with Gasteiger partial charge in [0.25, 0.3) is 0 Å². The van der Waals surface area contributed by atoms with Gasteiger partial charge in [-0.1, -0.05) is 13.0 Å². The molecule has 4 aliphatic rings. The molecule has 0 radical (unpaired) electrons. The third kappa shape index (κ3) is 1.69. The van der Waals surface area contributed by atoms with Crippen LogP contribution in [-0.2, 0) is 0 Å². The Hall–Kier alpha value is -1.25. The normalized spacial score (nSPS) is 42.7. The first-order chi connectivity index (χ1) is 11.1. The zero-order valence-electron chi connectivity index (χ0n) is 13.7. The highest BCUT2D eigenvalue weighted by molar-refractivity contribution is 5.48. The molecule has 1 aromatic carbocycles. The van der Waals surface area contributed by atoms with Crippen molar-refractivity contribution in [3.05, 3.63) is 34.2 Å². The molecule has 5 atom stereocenters. The van der Waals surface area contributed by atoms with Gasteiger partial charge in [0.2, 0.25) is 0 Å². The molecule has 0 bridgehead atoms. The fourth-order valence-corrected chi connectivity index (χ4v) is 6.80. The molecule has 3 saturated carbocycles. The van der Waals surface area contributed by atoms with Crippen LogP contribution < -0.4 is 0 Å². The zero-order chi connectivity index (χ0) is 15.8. The summed E-state index contributed by atoms with van der Waals surface area (Å²) in [5, 5.41) is 2.99. The molecule has 122 valence electrons. The fraction of sp³-hybridized carbons (Fsp3) is 0.700. The summed E-state index contributed by atoms with van der Waals surface area (Å²) >= 11 is 0. The van der Waals surface area contributed by atoms with E-state index in [1.165, 1.54) is 44.1 Å². The minimum absolute atomic E-state index is 0.364. The maximum absolute atomic E-state index is 14.9. The third-order valence-electron chi connectivity index (χ3n) is 8.22. The number of fused-ring (bicyclic) bond motifs is 6. The van der Waals surface area contributed by atoms with Crippen LogP contribution in [0.3, 0.4) is 0 Å². The van der Waals surface area contributed by atoms with Crippen molar-refractivity contribution in [3.63, 3.8) is 0 Å². The summed E-state index contributed by atoms with van der Waals surface area (Å²) in [5.74, 6) is 1.68. The van der Waals surface area contributed by atoms with E-state index in [1.807, 2.05) is 6.07 Å². The molecule has 0 aromatic heterocycles. The van der Waals surface area contributed by atoms with E-state index in [2.05, 4.69) is 12.1 Å². The predicted molar refractivity (Wildman–Crippen MR) is 88.3 cm³/mol. The summed E-state index contributed by atoms with van der Waals surface area (Å²) in [6.45, 7) is 2.51. The van der Waals surface area contributed by atoms with Crippen LogP contribution in [0.5, 0.6) is 0 Å². The van der Waals surface area contributed by atoms with Gasteiger partial charge in [-0.25, -0.2) is 4.39 Å². The standard InChI is InChI=1S/C20H24FNO/c1-19-6-4-14-13-3-2-12(22-23)10-16(13)18(21)11-15(14)17(19)5-7-20(19)8-9-20/h2-3,10,14-15,17-18H,4-9,11H2,1H3. The quantitative estimate of drug-likeness (QED) is 0.568. The fourth-order valence-electron chi connectivity index (χ4n) is 6.80. The topological polar surface area (TPSA) is 29.4 Å². The lowest BCUT2D eigenvalue weighted by atomic mass is 9.53. The highest BCUT2D eigenvalue weighted by atomic mass is 19.1. The summed E-state index contributed by atoms with van der Waals surface area (Å²) in [7, 11) is 0. The van der Waals surface area contributed by atoms with Crippen molar-refractivity contribution in [1.29, 1.82) is 0 Å². The Bertz CT molecular complexity index is 682. The number of nitrogens with zero attached hydrogens (tertiary/aromatic N) is 1. The van der Waals surface area contributed by atoms with Crippen LogP contribution in [0.25, 0.3) is 0 Å². The Morgan fingerprint density at radius 2 is 1.96 bits per heavy atom. The first-order valence-electron chi connectivity index (χ1n) is 9.19. The monoisotopic (exact) mass is 313 g/mol. The van der Waals surface area contributed by atoms with Crippen LogP contribution in [0.15, 0.2) is 23.4 Å². The lowest BCUT2D eigenvalue weighted by Crippen LogP contribution is -2.43. The molecule has 23 heavy (non-hydrogen) atoms. The number of hydrogen-bond donors (Lipinski definition) is 0. The summed E-state index contributed by atoms with van der Waals surface area (Å²) in [6.07, 6.45) is 7.68. The molecule has 5 rings (SSSR count). The Balaban J connectivity index is 1.55. The maximum Gasteiger partial charge on any atom is 0.126 e. The number of hydrogen-bond acceptors (Lipinski definition) is 2. The smallest absolute Gasteiger partial charge is 0.126 e. The SMILES string of the molecule is CC12CCC3c4ccc(N=O)cc4C(F)CC3C1CCC21CC1. The van der Waals surface area contributed by atoms with Crippen LogP contribution in [-0.4, -0.2) is 0 Å². The van der Waals surface area contributed by atoms with E-state index in [0.717, 1.165) is 5.56 Å². The highest BCUT2D eigenvalue weighted by Gasteiger charge is 2.66. The van der Waals surface area contributed by atoms with Gasteiger partial charge in [0, 0.05) is 0 Å². The number of halogens is 1. The minimum Gasteiger partial charge on any atom is -0.242 e. The van der Waals surface area contributed by atoms with E-state index >= 15 is 0 Å². The van der Waals surface area contributed by atoms with Crippen LogP contribution in [0.2, 0.25) is 0 Å². The van der Waals surface area contributed by atoms with E-state index in [1.54, 1.807) is 12.1 Å². The van der Waals surface area contributed by atoms with Gasteiger partial charge < -0.3 is 0 Å². The molecule has 2 nitrogen and oxygen atoms in total. The predicted octanol–water partition coefficient (Wildman–Crippen LogP) is 6.19. The molecule has 0 N–H and O–H groups in total.